The second-order valence-electron chi connectivity index (χ2n) is 6.45. The SMILES string of the molecule is CC(C)COCCC1CC(c2ccccc2)CCC1Cl. The highest BCUT2D eigenvalue weighted by atomic mass is 35.5. The summed E-state index contributed by atoms with van der Waals surface area (Å²) in [5.41, 5.74) is 1.48. The van der Waals surface area contributed by atoms with Crippen molar-refractivity contribution in [2.75, 3.05) is 13.2 Å². The summed E-state index contributed by atoms with van der Waals surface area (Å²) in [4.78, 5) is 0. The van der Waals surface area contributed by atoms with Gasteiger partial charge < -0.3 is 4.74 Å². The third-order valence-corrected chi connectivity index (χ3v) is 4.82. The van der Waals surface area contributed by atoms with E-state index in [9.17, 15) is 0 Å². The van der Waals surface area contributed by atoms with Gasteiger partial charge in [0, 0.05) is 18.6 Å². The molecule has 0 aliphatic heterocycles. The van der Waals surface area contributed by atoms with Crippen LogP contribution in [-0.4, -0.2) is 18.6 Å². The Kier molecular flexibility index (Phi) is 6.38. The molecule has 2 heteroatoms. The summed E-state index contributed by atoms with van der Waals surface area (Å²) in [5.74, 6) is 1.90. The summed E-state index contributed by atoms with van der Waals surface area (Å²) in [6.45, 7) is 6.10. The molecular formula is C18H27ClO. The summed E-state index contributed by atoms with van der Waals surface area (Å²) in [6, 6.07) is 10.9. The van der Waals surface area contributed by atoms with Crippen molar-refractivity contribution in [3.05, 3.63) is 35.9 Å². The highest BCUT2D eigenvalue weighted by Gasteiger charge is 2.29. The molecule has 1 saturated carbocycles. The monoisotopic (exact) mass is 294 g/mol. The van der Waals surface area contributed by atoms with Gasteiger partial charge in [0.1, 0.15) is 0 Å². The lowest BCUT2D eigenvalue weighted by Gasteiger charge is -2.33. The minimum absolute atomic E-state index is 0.331. The first-order chi connectivity index (χ1) is 9.66. The Hall–Kier alpha value is -0.530. The molecule has 0 spiro atoms. The molecule has 0 heterocycles. The maximum Gasteiger partial charge on any atom is 0.0488 e. The molecule has 3 atom stereocenters. The third kappa shape index (κ3) is 4.79. The molecule has 3 unspecified atom stereocenters. The molecule has 1 fully saturated rings. The average Bonchev–Trinajstić information content (AvgIpc) is 2.46. The van der Waals surface area contributed by atoms with E-state index in [0.29, 0.717) is 23.1 Å². The minimum Gasteiger partial charge on any atom is -0.381 e. The van der Waals surface area contributed by atoms with E-state index < -0.39 is 0 Å². The quantitative estimate of drug-likeness (QED) is 0.515. The lowest BCUT2D eigenvalue weighted by atomic mass is 9.76. The minimum atomic E-state index is 0.331. The molecule has 0 radical (unpaired) electrons. The van der Waals surface area contributed by atoms with Crippen LogP contribution in [0, 0.1) is 11.8 Å². The first-order valence-corrected chi connectivity index (χ1v) is 8.37. The van der Waals surface area contributed by atoms with Crippen molar-refractivity contribution >= 4 is 11.6 Å². The van der Waals surface area contributed by atoms with Gasteiger partial charge in [0.05, 0.1) is 0 Å². The van der Waals surface area contributed by atoms with Gasteiger partial charge in [-0.25, -0.2) is 0 Å². The summed E-state index contributed by atoms with van der Waals surface area (Å²) < 4.78 is 5.73. The van der Waals surface area contributed by atoms with Crippen LogP contribution in [0.25, 0.3) is 0 Å². The van der Waals surface area contributed by atoms with Crippen molar-refractivity contribution in [2.45, 2.75) is 50.8 Å². The van der Waals surface area contributed by atoms with Crippen LogP contribution < -0.4 is 0 Å². The zero-order chi connectivity index (χ0) is 14.4. The molecule has 1 aromatic rings. The van der Waals surface area contributed by atoms with Crippen molar-refractivity contribution in [3.8, 4) is 0 Å². The highest BCUT2D eigenvalue weighted by molar-refractivity contribution is 6.20. The summed E-state index contributed by atoms with van der Waals surface area (Å²) in [7, 11) is 0. The molecule has 0 aromatic heterocycles. The van der Waals surface area contributed by atoms with Crippen LogP contribution in [0.15, 0.2) is 30.3 Å². The van der Waals surface area contributed by atoms with Crippen molar-refractivity contribution in [1.82, 2.24) is 0 Å². The second-order valence-corrected chi connectivity index (χ2v) is 7.01. The van der Waals surface area contributed by atoms with Crippen molar-refractivity contribution in [1.29, 1.82) is 0 Å². The number of halogens is 1. The van der Waals surface area contributed by atoms with Crippen molar-refractivity contribution in [3.63, 3.8) is 0 Å². The van der Waals surface area contributed by atoms with E-state index in [1.54, 1.807) is 0 Å². The number of alkyl halides is 1. The third-order valence-electron chi connectivity index (χ3n) is 4.24. The largest absolute Gasteiger partial charge is 0.381 e. The van der Waals surface area contributed by atoms with Crippen LogP contribution >= 0.6 is 11.6 Å². The molecule has 112 valence electrons. The number of ether oxygens (including phenoxy) is 1. The van der Waals surface area contributed by atoms with Gasteiger partial charge >= 0.3 is 0 Å². The molecule has 0 saturated heterocycles. The maximum atomic E-state index is 6.52. The number of rotatable bonds is 6. The predicted molar refractivity (Wildman–Crippen MR) is 86.4 cm³/mol. The maximum absolute atomic E-state index is 6.52. The van der Waals surface area contributed by atoms with Gasteiger partial charge in [-0.2, -0.15) is 0 Å². The summed E-state index contributed by atoms with van der Waals surface area (Å²) in [5, 5.41) is 0.331. The van der Waals surface area contributed by atoms with Gasteiger partial charge in [-0.1, -0.05) is 44.2 Å². The van der Waals surface area contributed by atoms with Crippen LogP contribution in [0.1, 0.15) is 51.0 Å². The van der Waals surface area contributed by atoms with Gasteiger partial charge in [0.25, 0.3) is 0 Å². The van der Waals surface area contributed by atoms with E-state index in [1.165, 1.54) is 18.4 Å². The molecule has 1 aliphatic rings. The molecular weight excluding hydrogens is 268 g/mol. The fourth-order valence-electron chi connectivity index (χ4n) is 3.11. The molecule has 0 amide bonds. The van der Waals surface area contributed by atoms with Gasteiger partial charge in [-0.3, -0.25) is 0 Å². The van der Waals surface area contributed by atoms with Gasteiger partial charge in [0.2, 0.25) is 0 Å². The first-order valence-electron chi connectivity index (χ1n) is 7.93. The topological polar surface area (TPSA) is 9.23 Å². The van der Waals surface area contributed by atoms with Crippen LogP contribution in [0.2, 0.25) is 0 Å². The number of benzene rings is 1. The standard InChI is InChI=1S/C18H27ClO/c1-14(2)13-20-11-10-17-12-16(8-9-18(17)19)15-6-4-3-5-7-15/h3-7,14,16-18H,8-13H2,1-2H3. The van der Waals surface area contributed by atoms with Gasteiger partial charge in [-0.15, -0.1) is 11.6 Å². The van der Waals surface area contributed by atoms with E-state index >= 15 is 0 Å². The van der Waals surface area contributed by atoms with Gasteiger partial charge in [0.15, 0.2) is 0 Å². The zero-order valence-electron chi connectivity index (χ0n) is 12.7. The Labute approximate surface area is 128 Å². The number of hydrogen-bond donors (Lipinski definition) is 0. The zero-order valence-corrected chi connectivity index (χ0v) is 13.5. The van der Waals surface area contributed by atoms with E-state index in [4.69, 9.17) is 16.3 Å². The van der Waals surface area contributed by atoms with Crippen LogP contribution in [0.3, 0.4) is 0 Å². The van der Waals surface area contributed by atoms with Crippen LogP contribution in [0.5, 0.6) is 0 Å². The highest BCUT2D eigenvalue weighted by Crippen LogP contribution is 2.40. The summed E-state index contributed by atoms with van der Waals surface area (Å²) >= 11 is 6.52. The van der Waals surface area contributed by atoms with E-state index in [1.807, 2.05) is 0 Å². The molecule has 1 aromatic carbocycles. The second kappa shape index (κ2) is 8.05. The van der Waals surface area contributed by atoms with Gasteiger partial charge in [-0.05, 0) is 49.0 Å². The molecule has 2 rings (SSSR count). The fourth-order valence-corrected chi connectivity index (χ4v) is 3.46. The lowest BCUT2D eigenvalue weighted by Crippen LogP contribution is -2.26. The van der Waals surface area contributed by atoms with E-state index in [2.05, 4.69) is 44.2 Å². The Bertz CT molecular complexity index is 376. The molecule has 20 heavy (non-hydrogen) atoms. The fraction of sp³-hybridized carbons (Fsp3) is 0.667. The van der Waals surface area contributed by atoms with Crippen molar-refractivity contribution < 1.29 is 4.74 Å². The normalized spacial score (nSPS) is 26.9. The molecule has 0 bridgehead atoms. The van der Waals surface area contributed by atoms with Crippen LogP contribution in [-0.2, 0) is 4.74 Å². The lowest BCUT2D eigenvalue weighted by molar-refractivity contribution is 0.0923. The smallest absolute Gasteiger partial charge is 0.0488 e. The summed E-state index contributed by atoms with van der Waals surface area (Å²) in [6.07, 6.45) is 4.67. The van der Waals surface area contributed by atoms with E-state index in [0.717, 1.165) is 26.1 Å². The predicted octanol–water partition coefficient (Wildman–Crippen LogP) is 5.24. The Morgan fingerprint density at radius 3 is 2.65 bits per heavy atom. The number of hydrogen-bond acceptors (Lipinski definition) is 1. The van der Waals surface area contributed by atoms with E-state index in [-0.39, 0.29) is 0 Å². The molecule has 1 aliphatic carbocycles. The Morgan fingerprint density at radius 2 is 1.95 bits per heavy atom. The average molecular weight is 295 g/mol. The first kappa shape index (κ1) is 15.9. The van der Waals surface area contributed by atoms with Crippen molar-refractivity contribution in [2.24, 2.45) is 11.8 Å². The van der Waals surface area contributed by atoms with Crippen LogP contribution in [0.4, 0.5) is 0 Å². The molecule has 1 nitrogen and oxygen atoms in total. The molecule has 0 N–H and O–H groups in total. The Morgan fingerprint density at radius 1 is 1.20 bits per heavy atom. The Balaban J connectivity index is 1.82.